The van der Waals surface area contributed by atoms with Gasteiger partial charge >= 0.3 is 0 Å². The molecular formula is C7H6ClIO2. The maximum atomic E-state index is 9.19. The molecule has 0 heterocycles. The van der Waals surface area contributed by atoms with E-state index in [0.29, 0.717) is 10.6 Å². The maximum absolute atomic E-state index is 9.19. The number of benzene rings is 1. The smallest absolute Gasteiger partial charge is 0.122 e. The number of aromatic hydroxyl groups is 1. The number of hydrogen-bond acceptors (Lipinski definition) is 2. The third-order valence-corrected chi connectivity index (χ3v) is 2.82. The average molecular weight is 284 g/mol. The second-order valence-electron chi connectivity index (χ2n) is 2.05. The Kier molecular flexibility index (Phi) is 2.98. The fourth-order valence-electron chi connectivity index (χ4n) is 0.704. The van der Waals surface area contributed by atoms with Crippen LogP contribution in [-0.4, -0.2) is 10.2 Å². The van der Waals surface area contributed by atoms with E-state index in [1.165, 1.54) is 6.07 Å². The lowest BCUT2D eigenvalue weighted by Crippen LogP contribution is -1.85. The monoisotopic (exact) mass is 284 g/mol. The van der Waals surface area contributed by atoms with Crippen LogP contribution >= 0.6 is 34.2 Å². The predicted octanol–water partition coefficient (Wildman–Crippen LogP) is 2.14. The average Bonchev–Trinajstić information content (AvgIpc) is 1.97. The van der Waals surface area contributed by atoms with Crippen LogP contribution in [0.2, 0.25) is 5.02 Å². The summed E-state index contributed by atoms with van der Waals surface area (Å²) < 4.78 is 0.777. The summed E-state index contributed by atoms with van der Waals surface area (Å²) >= 11 is 7.74. The molecule has 0 aromatic heterocycles. The minimum Gasteiger partial charge on any atom is -0.508 e. The van der Waals surface area contributed by atoms with Crippen molar-refractivity contribution in [1.82, 2.24) is 0 Å². The summed E-state index contributed by atoms with van der Waals surface area (Å²) in [4.78, 5) is 0. The van der Waals surface area contributed by atoms with Gasteiger partial charge in [-0.05, 0) is 34.7 Å². The van der Waals surface area contributed by atoms with Gasteiger partial charge in [-0.25, -0.2) is 0 Å². The second-order valence-corrected chi connectivity index (χ2v) is 3.62. The number of phenols is 1. The molecule has 4 heteroatoms. The Morgan fingerprint density at radius 1 is 1.45 bits per heavy atom. The zero-order chi connectivity index (χ0) is 8.43. The minimum absolute atomic E-state index is 0.0845. The zero-order valence-corrected chi connectivity index (χ0v) is 8.43. The quantitative estimate of drug-likeness (QED) is 0.776. The van der Waals surface area contributed by atoms with Crippen LogP contribution in [0.25, 0.3) is 0 Å². The molecule has 0 saturated carbocycles. The van der Waals surface area contributed by atoms with Crippen LogP contribution in [-0.2, 0) is 6.61 Å². The Hall–Kier alpha value is -0.000000000000000111. The lowest BCUT2D eigenvalue weighted by molar-refractivity contribution is 0.275. The normalized spacial score (nSPS) is 10.1. The van der Waals surface area contributed by atoms with Crippen LogP contribution in [0.1, 0.15) is 5.56 Å². The van der Waals surface area contributed by atoms with E-state index in [9.17, 15) is 5.11 Å². The van der Waals surface area contributed by atoms with Crippen LogP contribution in [0.3, 0.4) is 0 Å². The largest absolute Gasteiger partial charge is 0.508 e. The van der Waals surface area contributed by atoms with Crippen molar-refractivity contribution in [2.45, 2.75) is 6.61 Å². The van der Waals surface area contributed by atoms with Gasteiger partial charge in [0.05, 0.1) is 11.6 Å². The molecule has 0 radical (unpaired) electrons. The van der Waals surface area contributed by atoms with Gasteiger partial charge in [0.15, 0.2) is 0 Å². The summed E-state index contributed by atoms with van der Waals surface area (Å²) in [6.45, 7) is -0.192. The zero-order valence-electron chi connectivity index (χ0n) is 5.51. The van der Waals surface area contributed by atoms with E-state index in [4.69, 9.17) is 16.7 Å². The molecule has 2 N–H and O–H groups in total. The summed E-state index contributed by atoms with van der Waals surface area (Å²) in [5.41, 5.74) is 0.454. The van der Waals surface area contributed by atoms with Gasteiger partial charge in [-0.15, -0.1) is 0 Å². The standard InChI is InChI=1S/C7H6ClIO2/c8-5-1-4(3-10)7(11)2-6(5)9/h1-2,10-11H,3H2. The van der Waals surface area contributed by atoms with Gasteiger partial charge in [0, 0.05) is 9.13 Å². The molecule has 11 heavy (non-hydrogen) atoms. The molecule has 2 nitrogen and oxygen atoms in total. The van der Waals surface area contributed by atoms with Crippen LogP contribution in [0.5, 0.6) is 5.75 Å². The highest BCUT2D eigenvalue weighted by Crippen LogP contribution is 2.26. The van der Waals surface area contributed by atoms with Gasteiger partial charge in [-0.1, -0.05) is 11.6 Å². The van der Waals surface area contributed by atoms with Gasteiger partial charge in [0.2, 0.25) is 0 Å². The van der Waals surface area contributed by atoms with Crippen LogP contribution in [0.15, 0.2) is 12.1 Å². The topological polar surface area (TPSA) is 40.5 Å². The first-order valence-corrected chi connectivity index (χ1v) is 4.38. The fraction of sp³-hybridized carbons (Fsp3) is 0.143. The first kappa shape index (κ1) is 9.09. The van der Waals surface area contributed by atoms with E-state index in [1.54, 1.807) is 6.07 Å². The van der Waals surface area contributed by atoms with Crippen molar-refractivity contribution in [2.24, 2.45) is 0 Å². The molecule has 0 aliphatic carbocycles. The summed E-state index contributed by atoms with van der Waals surface area (Å²) in [5, 5.41) is 18.5. The molecule has 0 amide bonds. The van der Waals surface area contributed by atoms with Gasteiger partial charge in [0.25, 0.3) is 0 Å². The van der Waals surface area contributed by atoms with Gasteiger partial charge in [0.1, 0.15) is 5.75 Å². The third-order valence-electron chi connectivity index (χ3n) is 1.29. The summed E-state index contributed by atoms with van der Waals surface area (Å²) in [7, 11) is 0. The highest BCUT2D eigenvalue weighted by molar-refractivity contribution is 14.1. The molecule has 0 atom stereocenters. The van der Waals surface area contributed by atoms with Crippen LogP contribution in [0.4, 0.5) is 0 Å². The minimum atomic E-state index is -0.192. The lowest BCUT2D eigenvalue weighted by atomic mass is 10.2. The Bertz CT molecular complexity index is 275. The number of halogens is 2. The first-order valence-electron chi connectivity index (χ1n) is 2.93. The highest BCUT2D eigenvalue weighted by Gasteiger charge is 2.04. The predicted molar refractivity (Wildman–Crippen MR) is 51.8 cm³/mol. The third kappa shape index (κ3) is 1.98. The maximum Gasteiger partial charge on any atom is 0.122 e. The van der Waals surface area contributed by atoms with E-state index in [-0.39, 0.29) is 12.4 Å². The van der Waals surface area contributed by atoms with Crippen molar-refractivity contribution in [3.05, 3.63) is 26.3 Å². The van der Waals surface area contributed by atoms with Gasteiger partial charge in [-0.3, -0.25) is 0 Å². The van der Waals surface area contributed by atoms with Crippen LogP contribution in [0, 0.1) is 3.57 Å². The molecule has 0 aliphatic rings. The summed E-state index contributed by atoms with van der Waals surface area (Å²) in [6.07, 6.45) is 0. The molecule has 1 aromatic carbocycles. The molecule has 0 saturated heterocycles. The number of aliphatic hydroxyl groups excluding tert-OH is 1. The van der Waals surface area contributed by atoms with Crippen LogP contribution < -0.4 is 0 Å². The van der Waals surface area contributed by atoms with E-state index in [1.807, 2.05) is 22.6 Å². The van der Waals surface area contributed by atoms with E-state index in [2.05, 4.69) is 0 Å². The van der Waals surface area contributed by atoms with Crippen molar-refractivity contribution < 1.29 is 10.2 Å². The molecule has 0 bridgehead atoms. The Morgan fingerprint density at radius 2 is 2.09 bits per heavy atom. The van der Waals surface area contributed by atoms with Gasteiger partial charge in [-0.2, -0.15) is 0 Å². The Labute approximate surface area is 82.9 Å². The van der Waals surface area contributed by atoms with Crippen molar-refractivity contribution in [2.75, 3.05) is 0 Å². The summed E-state index contributed by atoms with van der Waals surface area (Å²) in [5.74, 6) is 0.0845. The fourth-order valence-corrected chi connectivity index (χ4v) is 1.34. The molecule has 0 unspecified atom stereocenters. The number of rotatable bonds is 1. The number of aliphatic hydroxyl groups is 1. The van der Waals surface area contributed by atoms with E-state index in [0.717, 1.165) is 3.57 Å². The second kappa shape index (κ2) is 3.60. The molecular weight excluding hydrogens is 278 g/mol. The Balaban J connectivity index is 3.21. The summed E-state index contributed by atoms with van der Waals surface area (Å²) in [6, 6.07) is 3.08. The molecule has 0 spiro atoms. The van der Waals surface area contributed by atoms with Crippen molar-refractivity contribution in [3.8, 4) is 5.75 Å². The van der Waals surface area contributed by atoms with Crippen molar-refractivity contribution in [3.63, 3.8) is 0 Å². The SMILES string of the molecule is OCc1cc(Cl)c(I)cc1O. The molecule has 1 aromatic rings. The van der Waals surface area contributed by atoms with Crippen molar-refractivity contribution in [1.29, 1.82) is 0 Å². The molecule has 0 aliphatic heterocycles. The van der Waals surface area contributed by atoms with E-state index >= 15 is 0 Å². The Morgan fingerprint density at radius 3 is 2.64 bits per heavy atom. The van der Waals surface area contributed by atoms with Gasteiger partial charge < -0.3 is 10.2 Å². The molecule has 60 valence electrons. The number of hydrogen-bond donors (Lipinski definition) is 2. The lowest BCUT2D eigenvalue weighted by Gasteiger charge is -2.02. The first-order chi connectivity index (χ1) is 5.15. The highest BCUT2D eigenvalue weighted by atomic mass is 127. The molecule has 0 fully saturated rings. The molecule has 1 rings (SSSR count). The van der Waals surface area contributed by atoms with E-state index < -0.39 is 0 Å². The van der Waals surface area contributed by atoms with Crippen molar-refractivity contribution >= 4 is 34.2 Å².